The highest BCUT2D eigenvalue weighted by Crippen LogP contribution is 2.27. The van der Waals surface area contributed by atoms with Crippen molar-refractivity contribution in [1.29, 1.82) is 0 Å². The van der Waals surface area contributed by atoms with E-state index in [1.165, 1.54) is 37.7 Å². The van der Waals surface area contributed by atoms with E-state index in [2.05, 4.69) is 16.0 Å². The van der Waals surface area contributed by atoms with Crippen molar-refractivity contribution in [2.24, 2.45) is 5.92 Å². The predicted molar refractivity (Wildman–Crippen MR) is 110 cm³/mol. The Kier molecular flexibility index (Phi) is 6.05. The van der Waals surface area contributed by atoms with Crippen molar-refractivity contribution in [3.8, 4) is 17.3 Å². The van der Waals surface area contributed by atoms with Crippen LogP contribution in [0.3, 0.4) is 0 Å². The molecule has 2 aromatic heterocycles. The second-order valence-electron chi connectivity index (χ2n) is 7.70. The minimum Gasteiger partial charge on any atom is -0.477 e. The van der Waals surface area contributed by atoms with Crippen LogP contribution in [0.4, 0.5) is 0 Å². The molecule has 1 aliphatic rings. The monoisotopic (exact) mass is 376 g/mol. The fourth-order valence-electron chi connectivity index (χ4n) is 3.96. The van der Waals surface area contributed by atoms with Crippen LogP contribution in [-0.4, -0.2) is 16.6 Å². The van der Waals surface area contributed by atoms with Crippen LogP contribution in [0.2, 0.25) is 0 Å². The Morgan fingerprint density at radius 3 is 2.61 bits per heavy atom. The van der Waals surface area contributed by atoms with Gasteiger partial charge < -0.3 is 9.15 Å². The summed E-state index contributed by atoms with van der Waals surface area (Å²) >= 11 is 0. The Hall–Kier alpha value is -2.62. The van der Waals surface area contributed by atoms with Gasteiger partial charge in [-0.1, -0.05) is 56.4 Å². The molecule has 4 nitrogen and oxygen atoms in total. The summed E-state index contributed by atoms with van der Waals surface area (Å²) < 4.78 is 11.6. The average Bonchev–Trinajstić information content (AvgIpc) is 3.11. The van der Waals surface area contributed by atoms with E-state index in [1.807, 2.05) is 49.5 Å². The van der Waals surface area contributed by atoms with Gasteiger partial charge >= 0.3 is 0 Å². The van der Waals surface area contributed by atoms with E-state index in [4.69, 9.17) is 9.15 Å². The van der Waals surface area contributed by atoms with Crippen molar-refractivity contribution < 1.29 is 9.15 Å². The summed E-state index contributed by atoms with van der Waals surface area (Å²) in [6.07, 6.45) is 10.7. The van der Waals surface area contributed by atoms with Gasteiger partial charge in [0.2, 0.25) is 11.8 Å². The first-order valence-corrected chi connectivity index (χ1v) is 10.4. The van der Waals surface area contributed by atoms with Gasteiger partial charge in [-0.15, -0.1) is 0 Å². The van der Waals surface area contributed by atoms with E-state index in [9.17, 15) is 0 Å². The second kappa shape index (κ2) is 9.05. The van der Waals surface area contributed by atoms with Crippen molar-refractivity contribution >= 4 is 0 Å². The lowest BCUT2D eigenvalue weighted by Gasteiger charge is -2.21. The van der Waals surface area contributed by atoms with E-state index in [0.717, 1.165) is 29.4 Å². The van der Waals surface area contributed by atoms with E-state index < -0.39 is 0 Å². The molecule has 0 unspecified atom stereocenters. The van der Waals surface area contributed by atoms with Crippen LogP contribution in [-0.2, 0) is 12.8 Å². The fraction of sp³-hybridized carbons (Fsp3) is 0.417. The summed E-state index contributed by atoms with van der Waals surface area (Å²) in [6, 6.07) is 14.1. The van der Waals surface area contributed by atoms with Gasteiger partial charge in [-0.2, -0.15) is 0 Å². The fourth-order valence-corrected chi connectivity index (χ4v) is 3.96. The quantitative estimate of drug-likeness (QED) is 0.524. The first-order chi connectivity index (χ1) is 13.8. The van der Waals surface area contributed by atoms with Gasteiger partial charge in [-0.05, 0) is 37.0 Å². The topological polar surface area (TPSA) is 48.2 Å². The smallest absolute Gasteiger partial charge is 0.226 e. The molecular formula is C24H28N2O2. The van der Waals surface area contributed by atoms with Gasteiger partial charge in [-0.25, -0.2) is 9.97 Å². The summed E-state index contributed by atoms with van der Waals surface area (Å²) in [5.74, 6) is 3.02. The van der Waals surface area contributed by atoms with Crippen LogP contribution >= 0.6 is 0 Å². The number of ether oxygens (including phenoxy) is 1. The molecule has 0 aliphatic heterocycles. The van der Waals surface area contributed by atoms with E-state index in [-0.39, 0.29) is 0 Å². The molecule has 1 aliphatic carbocycles. The molecule has 0 saturated heterocycles. The Morgan fingerprint density at radius 1 is 1.04 bits per heavy atom. The number of benzene rings is 1. The third-order valence-corrected chi connectivity index (χ3v) is 5.55. The number of hydrogen-bond acceptors (Lipinski definition) is 4. The Morgan fingerprint density at radius 2 is 1.86 bits per heavy atom. The lowest BCUT2D eigenvalue weighted by molar-refractivity contribution is 0.307. The van der Waals surface area contributed by atoms with Gasteiger partial charge in [-0.3, -0.25) is 0 Å². The highest BCUT2D eigenvalue weighted by molar-refractivity contribution is 5.53. The van der Waals surface area contributed by atoms with Crippen molar-refractivity contribution in [1.82, 2.24) is 9.97 Å². The van der Waals surface area contributed by atoms with Crippen LogP contribution in [0.5, 0.6) is 5.88 Å². The molecule has 28 heavy (non-hydrogen) atoms. The molecule has 3 aromatic rings. The molecule has 1 fully saturated rings. The van der Waals surface area contributed by atoms with E-state index in [1.54, 1.807) is 0 Å². The molecule has 4 heteroatoms. The number of rotatable bonds is 7. The average molecular weight is 377 g/mol. The molecule has 4 rings (SSSR count). The molecule has 1 saturated carbocycles. The van der Waals surface area contributed by atoms with E-state index in [0.29, 0.717) is 24.8 Å². The molecular weight excluding hydrogens is 348 g/mol. The molecule has 0 N–H and O–H groups in total. The first-order valence-electron chi connectivity index (χ1n) is 10.4. The lowest BCUT2D eigenvalue weighted by Crippen LogP contribution is -2.09. The van der Waals surface area contributed by atoms with Crippen molar-refractivity contribution in [2.75, 3.05) is 6.61 Å². The molecule has 2 heterocycles. The number of hydrogen-bond donors (Lipinski definition) is 0. The van der Waals surface area contributed by atoms with Gasteiger partial charge in [0.05, 0.1) is 12.3 Å². The van der Waals surface area contributed by atoms with Crippen molar-refractivity contribution in [3.05, 3.63) is 65.7 Å². The standard InChI is InChI=1S/C24H28N2O2/c1-18-22(26-24(28-18)21-10-6-3-7-11-21)14-15-27-23-13-12-20(17-25-23)16-19-8-4-2-5-9-19/h3,6-7,10-13,17,19H,2,4-5,8-9,14-16H2,1H3. The molecule has 0 atom stereocenters. The van der Waals surface area contributed by atoms with Gasteiger partial charge in [0.15, 0.2) is 0 Å². The molecule has 0 amide bonds. The highest BCUT2D eigenvalue weighted by Gasteiger charge is 2.14. The molecule has 1 aromatic carbocycles. The zero-order chi connectivity index (χ0) is 19.2. The van der Waals surface area contributed by atoms with Gasteiger partial charge in [0.25, 0.3) is 0 Å². The maximum atomic E-state index is 5.83. The third-order valence-electron chi connectivity index (χ3n) is 5.55. The second-order valence-corrected chi connectivity index (χ2v) is 7.70. The summed E-state index contributed by atoms with van der Waals surface area (Å²) in [6.45, 7) is 2.49. The lowest BCUT2D eigenvalue weighted by atomic mass is 9.85. The summed E-state index contributed by atoms with van der Waals surface area (Å²) in [4.78, 5) is 9.11. The van der Waals surface area contributed by atoms with Crippen LogP contribution < -0.4 is 4.74 Å². The van der Waals surface area contributed by atoms with Crippen LogP contribution in [0, 0.1) is 12.8 Å². The molecule has 0 radical (unpaired) electrons. The van der Waals surface area contributed by atoms with Crippen LogP contribution in [0.15, 0.2) is 53.1 Å². The van der Waals surface area contributed by atoms with E-state index >= 15 is 0 Å². The van der Waals surface area contributed by atoms with Gasteiger partial charge in [0.1, 0.15) is 5.76 Å². The largest absolute Gasteiger partial charge is 0.477 e. The van der Waals surface area contributed by atoms with Crippen LogP contribution in [0.1, 0.15) is 49.1 Å². The molecule has 146 valence electrons. The molecule has 0 bridgehead atoms. The SMILES string of the molecule is Cc1oc(-c2ccccc2)nc1CCOc1ccc(CC2CCCCC2)cn1. The highest BCUT2D eigenvalue weighted by atomic mass is 16.5. The van der Waals surface area contributed by atoms with Crippen LogP contribution in [0.25, 0.3) is 11.5 Å². The number of nitrogens with zero attached hydrogens (tertiary/aromatic N) is 2. The predicted octanol–water partition coefficient (Wildman–Crippen LogP) is 5.79. The third kappa shape index (κ3) is 4.80. The Bertz CT molecular complexity index is 865. The zero-order valence-corrected chi connectivity index (χ0v) is 16.6. The first kappa shape index (κ1) is 18.7. The minimum atomic E-state index is 0.538. The number of pyridine rings is 1. The number of oxazole rings is 1. The maximum absolute atomic E-state index is 5.83. The summed E-state index contributed by atoms with van der Waals surface area (Å²) in [5.41, 5.74) is 3.25. The molecule has 0 spiro atoms. The summed E-state index contributed by atoms with van der Waals surface area (Å²) in [5, 5.41) is 0. The number of aromatic nitrogens is 2. The Labute approximate surface area is 167 Å². The maximum Gasteiger partial charge on any atom is 0.226 e. The number of aryl methyl sites for hydroxylation is 1. The Balaban J connectivity index is 1.28. The van der Waals surface area contributed by atoms with Gasteiger partial charge in [0, 0.05) is 24.2 Å². The van der Waals surface area contributed by atoms with Crippen molar-refractivity contribution in [2.45, 2.75) is 51.9 Å². The zero-order valence-electron chi connectivity index (χ0n) is 16.6. The summed E-state index contributed by atoms with van der Waals surface area (Å²) in [7, 11) is 0. The normalized spacial score (nSPS) is 14.9. The van der Waals surface area contributed by atoms with Crippen molar-refractivity contribution in [3.63, 3.8) is 0 Å². The minimum absolute atomic E-state index is 0.538.